The van der Waals surface area contributed by atoms with Gasteiger partial charge in [-0.1, -0.05) is 6.07 Å². The van der Waals surface area contributed by atoms with Crippen LogP contribution in [0.5, 0.6) is 5.75 Å². The third-order valence-corrected chi connectivity index (χ3v) is 5.11. The van der Waals surface area contributed by atoms with Crippen LogP contribution < -0.4 is 10.1 Å². The molecule has 0 bridgehead atoms. The van der Waals surface area contributed by atoms with Gasteiger partial charge in [-0.2, -0.15) is 0 Å². The second-order valence-corrected chi connectivity index (χ2v) is 6.98. The van der Waals surface area contributed by atoms with Crippen LogP contribution in [0, 0.1) is 6.92 Å². The first-order valence-corrected chi connectivity index (χ1v) is 7.11. The number of nitrogens with one attached hydrogen (secondary N) is 1. The largest absolute Gasteiger partial charge is 0.495 e. The number of rotatable bonds is 1. The molecule has 2 rings (SSSR count). The molecule has 0 radical (unpaired) electrons. The molecular weight excluding hydrogens is 238 g/mol. The highest BCUT2D eigenvalue weighted by Gasteiger charge is 2.37. The first kappa shape index (κ1) is 12.2. The molecule has 94 valence electrons. The van der Waals surface area contributed by atoms with E-state index in [2.05, 4.69) is 5.32 Å². The maximum Gasteiger partial charge on any atom is 0.183 e. The molecule has 0 fully saturated rings. The van der Waals surface area contributed by atoms with Crippen LogP contribution in [-0.4, -0.2) is 26.8 Å². The number of sulfone groups is 1. The lowest BCUT2D eigenvalue weighted by Gasteiger charge is -2.34. The zero-order valence-corrected chi connectivity index (χ0v) is 11.3. The molecule has 0 amide bonds. The van der Waals surface area contributed by atoms with E-state index in [0.717, 1.165) is 5.56 Å². The first-order valence-electron chi connectivity index (χ1n) is 5.45. The van der Waals surface area contributed by atoms with E-state index >= 15 is 0 Å². The van der Waals surface area contributed by atoms with E-state index in [0.29, 0.717) is 16.3 Å². The Hall–Kier alpha value is -1.23. The van der Waals surface area contributed by atoms with Crippen LogP contribution in [-0.2, 0) is 9.84 Å². The normalized spacial score (nSPS) is 20.2. The van der Waals surface area contributed by atoms with E-state index in [-0.39, 0.29) is 5.75 Å². The minimum Gasteiger partial charge on any atom is -0.495 e. The first-order chi connectivity index (χ1) is 7.77. The third-order valence-electron chi connectivity index (χ3n) is 2.86. The molecule has 0 aliphatic carbocycles. The molecule has 17 heavy (non-hydrogen) atoms. The number of methoxy groups -OCH3 is 1. The minimum absolute atomic E-state index is 0.0982. The van der Waals surface area contributed by atoms with E-state index < -0.39 is 15.4 Å². The number of aryl methyl sites for hydroxylation is 1. The highest BCUT2D eigenvalue weighted by molar-refractivity contribution is 7.91. The van der Waals surface area contributed by atoms with E-state index in [9.17, 15) is 8.42 Å². The van der Waals surface area contributed by atoms with Crippen LogP contribution in [0.2, 0.25) is 0 Å². The fraction of sp³-hybridized carbons (Fsp3) is 0.500. The van der Waals surface area contributed by atoms with Crippen LogP contribution in [0.4, 0.5) is 5.69 Å². The molecule has 1 aromatic rings. The van der Waals surface area contributed by atoms with Crippen molar-refractivity contribution in [3.63, 3.8) is 0 Å². The van der Waals surface area contributed by atoms with Gasteiger partial charge >= 0.3 is 0 Å². The summed E-state index contributed by atoms with van der Waals surface area (Å²) in [6.45, 7) is 5.54. The average molecular weight is 255 g/mol. The molecule has 0 unspecified atom stereocenters. The van der Waals surface area contributed by atoms with Gasteiger partial charge in [0, 0.05) is 5.54 Å². The Labute approximate surface area is 102 Å². The molecule has 0 spiro atoms. The van der Waals surface area contributed by atoms with Gasteiger partial charge in [-0.25, -0.2) is 8.42 Å². The molecule has 0 saturated heterocycles. The molecule has 0 aromatic heterocycles. The monoisotopic (exact) mass is 255 g/mol. The Morgan fingerprint density at radius 2 is 2.00 bits per heavy atom. The van der Waals surface area contributed by atoms with Crippen molar-refractivity contribution in [2.45, 2.75) is 31.2 Å². The van der Waals surface area contributed by atoms with Gasteiger partial charge in [0.1, 0.15) is 5.75 Å². The number of anilines is 1. The third kappa shape index (κ3) is 1.99. The van der Waals surface area contributed by atoms with Gasteiger partial charge in [0.05, 0.1) is 23.4 Å². The van der Waals surface area contributed by atoms with E-state index in [1.807, 2.05) is 13.8 Å². The van der Waals surface area contributed by atoms with E-state index in [1.165, 1.54) is 0 Å². The number of benzene rings is 1. The quantitative estimate of drug-likeness (QED) is 0.833. The molecular formula is C12H17NO3S. The van der Waals surface area contributed by atoms with Gasteiger partial charge in [-0.15, -0.1) is 0 Å². The van der Waals surface area contributed by atoms with Crippen molar-refractivity contribution in [1.29, 1.82) is 0 Å². The van der Waals surface area contributed by atoms with Gasteiger partial charge in [-0.05, 0) is 32.4 Å². The number of hydrogen-bond acceptors (Lipinski definition) is 4. The standard InChI is InChI=1S/C12H17NO3S/c1-8-5-6-9(16-4)10-11(8)17(14,15)7-12(2,3)13-10/h5-6,13H,7H2,1-4H3. The molecule has 0 atom stereocenters. The van der Waals surface area contributed by atoms with Crippen LogP contribution in [0.3, 0.4) is 0 Å². The van der Waals surface area contributed by atoms with Crippen molar-refractivity contribution in [3.8, 4) is 5.75 Å². The predicted molar refractivity (Wildman–Crippen MR) is 67.5 cm³/mol. The average Bonchev–Trinajstić information content (AvgIpc) is 2.13. The minimum atomic E-state index is -3.26. The zero-order valence-electron chi connectivity index (χ0n) is 10.5. The summed E-state index contributed by atoms with van der Waals surface area (Å²) in [6.07, 6.45) is 0. The topological polar surface area (TPSA) is 55.4 Å². The summed E-state index contributed by atoms with van der Waals surface area (Å²) in [5.74, 6) is 0.669. The maximum atomic E-state index is 12.3. The second-order valence-electron chi connectivity index (χ2n) is 5.06. The predicted octanol–water partition coefficient (Wildman–Crippen LogP) is 1.98. The Balaban J connectivity index is 2.77. The maximum absolute atomic E-state index is 12.3. The van der Waals surface area contributed by atoms with Gasteiger partial charge in [0.25, 0.3) is 0 Å². The Morgan fingerprint density at radius 3 is 2.59 bits per heavy atom. The lowest BCUT2D eigenvalue weighted by atomic mass is 10.1. The van der Waals surface area contributed by atoms with E-state index in [4.69, 9.17) is 4.74 Å². The fourth-order valence-corrected chi connectivity index (χ4v) is 4.47. The van der Waals surface area contributed by atoms with Crippen molar-refractivity contribution in [1.82, 2.24) is 0 Å². The molecule has 1 aromatic carbocycles. The zero-order chi connectivity index (χ0) is 12.8. The van der Waals surface area contributed by atoms with Gasteiger partial charge in [0.15, 0.2) is 9.84 Å². The summed E-state index contributed by atoms with van der Waals surface area (Å²) in [7, 11) is -1.71. The number of hydrogen-bond donors (Lipinski definition) is 1. The molecule has 1 heterocycles. The molecule has 1 aliphatic rings. The molecule has 0 saturated carbocycles. The van der Waals surface area contributed by atoms with Crippen LogP contribution in [0.15, 0.2) is 17.0 Å². The molecule has 1 aliphatic heterocycles. The van der Waals surface area contributed by atoms with Crippen molar-refractivity contribution < 1.29 is 13.2 Å². The van der Waals surface area contributed by atoms with Gasteiger partial charge in [-0.3, -0.25) is 0 Å². The molecule has 1 N–H and O–H groups in total. The van der Waals surface area contributed by atoms with Crippen molar-refractivity contribution in [2.75, 3.05) is 18.2 Å². The summed E-state index contributed by atoms with van der Waals surface area (Å²) < 4.78 is 29.8. The Kier molecular flexibility index (Phi) is 2.61. The summed E-state index contributed by atoms with van der Waals surface area (Å²) in [4.78, 5) is 0.371. The van der Waals surface area contributed by atoms with Gasteiger partial charge in [0.2, 0.25) is 0 Å². The van der Waals surface area contributed by atoms with Crippen molar-refractivity contribution in [3.05, 3.63) is 17.7 Å². The highest BCUT2D eigenvalue weighted by Crippen LogP contribution is 2.41. The SMILES string of the molecule is COc1ccc(C)c2c1NC(C)(C)CS2(=O)=O. The summed E-state index contributed by atoms with van der Waals surface area (Å²) >= 11 is 0. The Bertz CT molecular complexity index is 561. The summed E-state index contributed by atoms with van der Waals surface area (Å²) in [5.41, 5.74) is 0.861. The Morgan fingerprint density at radius 1 is 1.35 bits per heavy atom. The second kappa shape index (κ2) is 3.63. The lowest BCUT2D eigenvalue weighted by molar-refractivity contribution is 0.412. The molecule has 5 heteroatoms. The summed E-state index contributed by atoms with van der Waals surface area (Å²) in [5, 5.41) is 3.25. The van der Waals surface area contributed by atoms with Gasteiger partial charge < -0.3 is 10.1 Å². The van der Waals surface area contributed by atoms with Crippen LogP contribution in [0.25, 0.3) is 0 Å². The van der Waals surface area contributed by atoms with E-state index in [1.54, 1.807) is 26.2 Å². The smallest absolute Gasteiger partial charge is 0.183 e. The van der Waals surface area contributed by atoms with Crippen LogP contribution >= 0.6 is 0 Å². The summed E-state index contributed by atoms with van der Waals surface area (Å²) in [6, 6.07) is 3.56. The van der Waals surface area contributed by atoms with Crippen molar-refractivity contribution >= 4 is 15.5 Å². The lowest BCUT2D eigenvalue weighted by Crippen LogP contribution is -2.43. The van der Waals surface area contributed by atoms with Crippen molar-refractivity contribution in [2.24, 2.45) is 0 Å². The number of fused-ring (bicyclic) bond motifs is 1. The highest BCUT2D eigenvalue weighted by atomic mass is 32.2. The number of ether oxygens (including phenoxy) is 1. The van der Waals surface area contributed by atoms with Crippen LogP contribution in [0.1, 0.15) is 19.4 Å². The molecule has 4 nitrogen and oxygen atoms in total. The fourth-order valence-electron chi connectivity index (χ4n) is 2.28.